The van der Waals surface area contributed by atoms with E-state index in [4.69, 9.17) is 5.84 Å². The van der Waals surface area contributed by atoms with Crippen molar-refractivity contribution in [2.45, 2.75) is 19.4 Å². The van der Waals surface area contributed by atoms with Gasteiger partial charge in [0.2, 0.25) is 0 Å². The van der Waals surface area contributed by atoms with Crippen molar-refractivity contribution in [3.63, 3.8) is 0 Å². The predicted molar refractivity (Wildman–Crippen MR) is 74.7 cm³/mol. The molecule has 0 fully saturated rings. The van der Waals surface area contributed by atoms with E-state index in [1.165, 1.54) is 17.5 Å². The Labute approximate surface area is 115 Å². The Morgan fingerprint density at radius 1 is 1.37 bits per heavy atom. The fourth-order valence-electron chi connectivity index (χ4n) is 1.58. The van der Waals surface area contributed by atoms with Crippen LogP contribution in [-0.2, 0) is 5.54 Å². The highest BCUT2D eigenvalue weighted by Crippen LogP contribution is 2.22. The molecule has 7 heteroatoms. The van der Waals surface area contributed by atoms with Gasteiger partial charge in [0.25, 0.3) is 5.91 Å². The minimum Gasteiger partial charge on any atom is -0.339 e. The van der Waals surface area contributed by atoms with Crippen LogP contribution >= 0.6 is 11.3 Å². The quantitative estimate of drug-likeness (QED) is 0.581. The second-order valence-corrected chi connectivity index (χ2v) is 5.39. The Morgan fingerprint density at radius 3 is 2.79 bits per heavy atom. The van der Waals surface area contributed by atoms with Crippen molar-refractivity contribution in [2.24, 2.45) is 5.84 Å². The van der Waals surface area contributed by atoms with Gasteiger partial charge in [-0.3, -0.25) is 15.6 Å². The molecule has 6 nitrogen and oxygen atoms in total. The molecule has 0 aliphatic heterocycles. The van der Waals surface area contributed by atoms with Crippen molar-refractivity contribution in [1.29, 1.82) is 0 Å². The van der Waals surface area contributed by atoms with Crippen LogP contribution in [0.2, 0.25) is 0 Å². The van der Waals surface area contributed by atoms with Crippen LogP contribution < -0.4 is 16.6 Å². The van der Waals surface area contributed by atoms with Crippen molar-refractivity contribution < 1.29 is 4.79 Å². The van der Waals surface area contributed by atoms with E-state index in [1.807, 2.05) is 19.2 Å². The first kappa shape index (κ1) is 13.4. The summed E-state index contributed by atoms with van der Waals surface area (Å²) >= 11 is 1.50. The molecule has 2 heterocycles. The molecule has 0 saturated carbocycles. The number of nitrogens with two attached hydrogens (primary N) is 1. The third-order valence-electron chi connectivity index (χ3n) is 2.55. The molecule has 0 unspecified atom stereocenters. The summed E-state index contributed by atoms with van der Waals surface area (Å²) in [5.41, 5.74) is 2.88. The molecule has 0 aromatic carbocycles. The fraction of sp³-hybridized carbons (Fsp3) is 0.250. The standard InChI is InChI=1S/C12H15N5OS/c1-12(2,11-15-5-6-19-11)16-10(18)9-7-8(17-13)3-4-14-9/h3-7H,13H2,1-2H3,(H,14,17)(H,16,18). The first-order chi connectivity index (χ1) is 9.03. The SMILES string of the molecule is CC(C)(NC(=O)c1cc(NN)ccn1)c1nccs1. The van der Waals surface area contributed by atoms with Crippen LogP contribution in [0.5, 0.6) is 0 Å². The lowest BCUT2D eigenvalue weighted by Crippen LogP contribution is -2.41. The van der Waals surface area contributed by atoms with E-state index in [-0.39, 0.29) is 5.91 Å². The van der Waals surface area contributed by atoms with Gasteiger partial charge in [-0.25, -0.2) is 4.98 Å². The highest BCUT2D eigenvalue weighted by molar-refractivity contribution is 7.09. The van der Waals surface area contributed by atoms with Crippen molar-refractivity contribution in [3.8, 4) is 0 Å². The number of carbonyl (C=O) groups is 1. The van der Waals surface area contributed by atoms with E-state index in [2.05, 4.69) is 20.7 Å². The first-order valence-corrected chi connectivity index (χ1v) is 6.56. The summed E-state index contributed by atoms with van der Waals surface area (Å²) in [4.78, 5) is 20.4. The Bertz CT molecular complexity index is 567. The maximum atomic E-state index is 12.2. The molecule has 2 aromatic rings. The van der Waals surface area contributed by atoms with Crippen molar-refractivity contribution in [3.05, 3.63) is 40.6 Å². The number of anilines is 1. The monoisotopic (exact) mass is 277 g/mol. The summed E-state index contributed by atoms with van der Waals surface area (Å²) in [6.45, 7) is 3.80. The van der Waals surface area contributed by atoms with Gasteiger partial charge in [-0.1, -0.05) is 0 Å². The Hall–Kier alpha value is -1.99. The molecule has 2 aromatic heterocycles. The molecular weight excluding hydrogens is 262 g/mol. The molecule has 19 heavy (non-hydrogen) atoms. The van der Waals surface area contributed by atoms with Crippen LogP contribution in [0, 0.1) is 0 Å². The molecule has 0 aliphatic carbocycles. The summed E-state index contributed by atoms with van der Waals surface area (Å²) in [7, 11) is 0. The lowest BCUT2D eigenvalue weighted by Gasteiger charge is -2.23. The summed E-state index contributed by atoms with van der Waals surface area (Å²) in [6, 6.07) is 3.27. The summed E-state index contributed by atoms with van der Waals surface area (Å²) in [5, 5.41) is 5.62. The van der Waals surface area contributed by atoms with Gasteiger partial charge in [-0.05, 0) is 26.0 Å². The topological polar surface area (TPSA) is 92.9 Å². The predicted octanol–water partition coefficient (Wildman–Crippen LogP) is 1.49. The molecule has 0 saturated heterocycles. The van der Waals surface area contributed by atoms with E-state index in [1.54, 1.807) is 18.3 Å². The Balaban J connectivity index is 2.16. The average molecular weight is 277 g/mol. The third kappa shape index (κ3) is 3.07. The van der Waals surface area contributed by atoms with Gasteiger partial charge < -0.3 is 10.7 Å². The molecule has 2 rings (SSSR count). The second kappa shape index (κ2) is 5.33. The number of hydrogen-bond donors (Lipinski definition) is 3. The third-order valence-corrected chi connectivity index (χ3v) is 3.65. The molecular formula is C12H15N5OS. The minimum atomic E-state index is -0.543. The molecule has 1 amide bonds. The first-order valence-electron chi connectivity index (χ1n) is 5.68. The number of nitrogens with one attached hydrogen (secondary N) is 2. The van der Waals surface area contributed by atoms with E-state index < -0.39 is 5.54 Å². The number of amides is 1. The number of hydrogen-bond acceptors (Lipinski definition) is 6. The van der Waals surface area contributed by atoms with Gasteiger partial charge in [-0.2, -0.15) is 0 Å². The Kier molecular flexibility index (Phi) is 3.77. The van der Waals surface area contributed by atoms with E-state index in [0.29, 0.717) is 11.4 Å². The fourth-order valence-corrected chi connectivity index (χ4v) is 2.30. The zero-order chi connectivity index (χ0) is 13.9. The number of nitrogen functional groups attached to an aromatic ring is 1. The highest BCUT2D eigenvalue weighted by Gasteiger charge is 2.26. The van der Waals surface area contributed by atoms with Gasteiger partial charge in [0, 0.05) is 17.8 Å². The summed E-state index contributed by atoms with van der Waals surface area (Å²) < 4.78 is 0. The number of rotatable bonds is 4. The largest absolute Gasteiger partial charge is 0.339 e. The minimum absolute atomic E-state index is 0.266. The van der Waals surface area contributed by atoms with Crippen LogP contribution in [-0.4, -0.2) is 15.9 Å². The number of carbonyl (C=O) groups excluding carboxylic acids is 1. The molecule has 0 aliphatic rings. The van der Waals surface area contributed by atoms with E-state index in [0.717, 1.165) is 5.01 Å². The second-order valence-electron chi connectivity index (χ2n) is 4.49. The number of thiazole rings is 1. The molecule has 100 valence electrons. The summed E-state index contributed by atoms with van der Waals surface area (Å²) in [5.74, 6) is 5.04. The number of aromatic nitrogens is 2. The van der Waals surface area contributed by atoms with Crippen LogP contribution in [0.4, 0.5) is 5.69 Å². The normalized spacial score (nSPS) is 11.1. The van der Waals surface area contributed by atoms with Crippen molar-refractivity contribution in [2.75, 3.05) is 5.43 Å². The smallest absolute Gasteiger partial charge is 0.270 e. The zero-order valence-corrected chi connectivity index (χ0v) is 11.5. The van der Waals surface area contributed by atoms with Gasteiger partial charge in [0.1, 0.15) is 10.7 Å². The molecule has 0 atom stereocenters. The van der Waals surface area contributed by atoms with Crippen LogP contribution in [0.3, 0.4) is 0 Å². The lowest BCUT2D eigenvalue weighted by atomic mass is 10.1. The van der Waals surface area contributed by atoms with Gasteiger partial charge in [0.05, 0.1) is 11.2 Å². The average Bonchev–Trinajstić information content (AvgIpc) is 2.93. The number of hydrazine groups is 1. The summed E-state index contributed by atoms with van der Waals surface area (Å²) in [6.07, 6.45) is 3.24. The van der Waals surface area contributed by atoms with Crippen molar-refractivity contribution in [1.82, 2.24) is 15.3 Å². The molecule has 0 radical (unpaired) electrons. The van der Waals surface area contributed by atoms with E-state index >= 15 is 0 Å². The molecule has 0 spiro atoms. The Morgan fingerprint density at radius 2 is 2.16 bits per heavy atom. The van der Waals surface area contributed by atoms with E-state index in [9.17, 15) is 4.79 Å². The zero-order valence-electron chi connectivity index (χ0n) is 10.7. The van der Waals surface area contributed by atoms with Crippen LogP contribution in [0.1, 0.15) is 29.3 Å². The van der Waals surface area contributed by atoms with Gasteiger partial charge >= 0.3 is 0 Å². The molecule has 4 N–H and O–H groups in total. The van der Waals surface area contributed by atoms with Gasteiger partial charge in [0.15, 0.2) is 0 Å². The maximum absolute atomic E-state index is 12.2. The highest BCUT2D eigenvalue weighted by atomic mass is 32.1. The van der Waals surface area contributed by atoms with Crippen molar-refractivity contribution >= 4 is 22.9 Å². The maximum Gasteiger partial charge on any atom is 0.270 e. The number of nitrogens with zero attached hydrogens (tertiary/aromatic N) is 2. The number of pyridine rings is 1. The van der Waals surface area contributed by atoms with Crippen LogP contribution in [0.25, 0.3) is 0 Å². The lowest BCUT2D eigenvalue weighted by molar-refractivity contribution is 0.0907. The van der Waals surface area contributed by atoms with Crippen LogP contribution in [0.15, 0.2) is 29.9 Å². The molecule has 0 bridgehead atoms. The van der Waals surface area contributed by atoms with Gasteiger partial charge in [-0.15, -0.1) is 11.3 Å².